The quantitative estimate of drug-likeness (QED) is 0.169. The lowest BCUT2D eigenvalue weighted by Gasteiger charge is -2.22. The molecule has 10 aromatic rings. The van der Waals surface area contributed by atoms with E-state index in [0.29, 0.717) is 5.75 Å². The van der Waals surface area contributed by atoms with Crippen molar-refractivity contribution in [3.8, 4) is 33.8 Å². The van der Waals surface area contributed by atoms with Crippen LogP contribution in [-0.4, -0.2) is 12.2 Å². The molecule has 0 unspecified atom stereocenters. The number of ether oxygens (including phenoxy) is 1. The van der Waals surface area contributed by atoms with Crippen molar-refractivity contribution in [1.29, 1.82) is 0 Å². The van der Waals surface area contributed by atoms with E-state index >= 15 is 0 Å². The monoisotopic (exact) mass is 750 g/mol. The molecule has 0 heterocycles. The minimum absolute atomic E-state index is 0. The summed E-state index contributed by atoms with van der Waals surface area (Å²) in [5.41, 5.74) is 11.0. The Morgan fingerprint density at radius 3 is 1.17 bits per heavy atom. The summed E-state index contributed by atoms with van der Waals surface area (Å²) in [4.78, 5) is 0. The number of rotatable bonds is 1. The van der Waals surface area contributed by atoms with E-state index in [1.807, 2.05) is 6.07 Å². The van der Waals surface area contributed by atoms with Crippen molar-refractivity contribution in [2.45, 2.75) is 46.0 Å². The molecular weight excluding hydrogens is 705 g/mol. The molecule has 0 spiro atoms. The Hall–Kier alpha value is -6.64. The van der Waals surface area contributed by atoms with Crippen LogP contribution in [0.1, 0.15) is 57.4 Å². The van der Waals surface area contributed by atoms with Crippen LogP contribution < -0.4 is 4.74 Å². The van der Waals surface area contributed by atoms with Crippen LogP contribution in [0, 0.1) is 0 Å². The minimum Gasteiger partial charge on any atom is -0.508 e. The van der Waals surface area contributed by atoms with Crippen molar-refractivity contribution in [2.75, 3.05) is 7.11 Å². The zero-order chi connectivity index (χ0) is 38.8. The Morgan fingerprint density at radius 2 is 0.707 bits per heavy atom. The Balaban J connectivity index is 0.000000138. The molecule has 0 saturated heterocycles. The van der Waals surface area contributed by atoms with Crippen molar-refractivity contribution < 1.29 is 9.84 Å². The lowest BCUT2D eigenvalue weighted by molar-refractivity contribution is 0.415. The molecule has 0 atom stereocenters. The molecule has 0 amide bonds. The highest BCUT2D eigenvalue weighted by Gasteiger charge is 2.37. The lowest BCUT2D eigenvalue weighted by atomic mass is 9.81. The van der Waals surface area contributed by atoms with Crippen LogP contribution in [0.2, 0.25) is 0 Å². The smallest absolute Gasteiger partial charge is 0.119 e. The fourth-order valence-electron chi connectivity index (χ4n) is 10.4. The zero-order valence-electron chi connectivity index (χ0n) is 32.9. The molecule has 0 aliphatic heterocycles. The SMILES string of the molecule is C.CC1(C)c2ccccc2-c2cc3c4ccccc4c4cc(O)ccc4c3cc21.COc1ccc2c(c1)c1ccccc1c1cc3c(cc21)C(C)(C)c1ccccc1-3. The first-order valence-electron chi connectivity index (χ1n) is 19.9. The van der Waals surface area contributed by atoms with Gasteiger partial charge in [0.1, 0.15) is 11.5 Å². The van der Waals surface area contributed by atoms with Crippen LogP contribution in [-0.2, 0) is 10.8 Å². The van der Waals surface area contributed by atoms with Gasteiger partial charge in [-0.2, -0.15) is 0 Å². The topological polar surface area (TPSA) is 29.5 Å². The third-order valence-corrected chi connectivity index (χ3v) is 13.3. The first kappa shape index (κ1) is 35.8. The lowest BCUT2D eigenvalue weighted by Crippen LogP contribution is -2.14. The largest absolute Gasteiger partial charge is 0.508 e. The van der Waals surface area contributed by atoms with E-state index in [1.165, 1.54) is 104 Å². The van der Waals surface area contributed by atoms with Gasteiger partial charge in [0.2, 0.25) is 0 Å². The Morgan fingerprint density at radius 1 is 0.345 bits per heavy atom. The minimum atomic E-state index is -0.0188. The summed E-state index contributed by atoms with van der Waals surface area (Å²) < 4.78 is 5.53. The summed E-state index contributed by atoms with van der Waals surface area (Å²) in [5.74, 6) is 1.21. The van der Waals surface area contributed by atoms with Crippen LogP contribution in [0.25, 0.3) is 86.9 Å². The Bertz CT molecular complexity index is 3350. The molecule has 10 aromatic carbocycles. The van der Waals surface area contributed by atoms with Crippen molar-refractivity contribution in [1.82, 2.24) is 0 Å². The number of fused-ring (bicyclic) bond motifs is 18. The molecule has 2 aliphatic carbocycles. The van der Waals surface area contributed by atoms with Gasteiger partial charge in [0.05, 0.1) is 7.11 Å². The van der Waals surface area contributed by atoms with Gasteiger partial charge in [-0.05, 0) is 158 Å². The average molecular weight is 751 g/mol. The molecule has 12 rings (SSSR count). The van der Waals surface area contributed by atoms with Gasteiger partial charge >= 0.3 is 0 Å². The van der Waals surface area contributed by atoms with Gasteiger partial charge in [0, 0.05) is 10.8 Å². The van der Waals surface area contributed by atoms with Gasteiger partial charge in [-0.1, -0.05) is 144 Å². The molecule has 0 bridgehead atoms. The van der Waals surface area contributed by atoms with Crippen LogP contribution in [0.3, 0.4) is 0 Å². The summed E-state index contributed by atoms with van der Waals surface area (Å²) in [7, 11) is 1.73. The average Bonchev–Trinajstić information content (AvgIpc) is 3.61. The first-order valence-corrected chi connectivity index (χ1v) is 19.9. The van der Waals surface area contributed by atoms with E-state index in [0.717, 1.165) is 11.1 Å². The van der Waals surface area contributed by atoms with E-state index < -0.39 is 0 Å². The maximum Gasteiger partial charge on any atom is 0.119 e. The molecule has 0 fully saturated rings. The van der Waals surface area contributed by atoms with Crippen LogP contribution in [0.4, 0.5) is 0 Å². The molecular formula is C56H46O2. The Labute approximate surface area is 340 Å². The number of phenols is 1. The number of hydrogen-bond donors (Lipinski definition) is 1. The maximum atomic E-state index is 10.1. The van der Waals surface area contributed by atoms with E-state index in [-0.39, 0.29) is 18.3 Å². The third-order valence-electron chi connectivity index (χ3n) is 13.3. The second-order valence-corrected chi connectivity index (χ2v) is 17.0. The fraction of sp³-hybridized carbons (Fsp3) is 0.143. The zero-order valence-corrected chi connectivity index (χ0v) is 32.9. The highest BCUT2D eigenvalue weighted by atomic mass is 16.5. The molecule has 2 heteroatoms. The highest BCUT2D eigenvalue weighted by Crippen LogP contribution is 2.53. The number of phenolic OH excluding ortho intramolecular Hbond substituents is 1. The van der Waals surface area contributed by atoms with Crippen LogP contribution >= 0.6 is 0 Å². The van der Waals surface area contributed by atoms with Gasteiger partial charge < -0.3 is 9.84 Å². The molecule has 1 N–H and O–H groups in total. The van der Waals surface area contributed by atoms with E-state index in [4.69, 9.17) is 4.74 Å². The Kier molecular flexibility index (Phi) is 7.82. The summed E-state index contributed by atoms with van der Waals surface area (Å²) in [6.07, 6.45) is 0. The van der Waals surface area contributed by atoms with Gasteiger partial charge in [-0.25, -0.2) is 0 Å². The molecule has 2 nitrogen and oxygen atoms in total. The van der Waals surface area contributed by atoms with E-state index in [1.54, 1.807) is 13.2 Å². The van der Waals surface area contributed by atoms with Crippen molar-refractivity contribution in [2.24, 2.45) is 0 Å². The number of benzene rings is 10. The number of aromatic hydroxyl groups is 1. The van der Waals surface area contributed by atoms with Crippen molar-refractivity contribution in [3.05, 3.63) is 180 Å². The van der Waals surface area contributed by atoms with Gasteiger partial charge in [0.25, 0.3) is 0 Å². The summed E-state index contributed by atoms with van der Waals surface area (Å²) in [6, 6.07) is 56.7. The summed E-state index contributed by atoms with van der Waals surface area (Å²) in [6.45, 7) is 9.32. The van der Waals surface area contributed by atoms with E-state index in [2.05, 4.69) is 173 Å². The molecule has 0 saturated carbocycles. The predicted molar refractivity (Wildman–Crippen MR) is 248 cm³/mol. The van der Waals surface area contributed by atoms with E-state index in [9.17, 15) is 5.11 Å². The fourth-order valence-corrected chi connectivity index (χ4v) is 10.4. The molecule has 282 valence electrons. The van der Waals surface area contributed by atoms with Crippen LogP contribution in [0.5, 0.6) is 11.5 Å². The number of methoxy groups -OCH3 is 1. The maximum absolute atomic E-state index is 10.1. The third kappa shape index (κ3) is 4.91. The molecule has 0 aromatic heterocycles. The first-order chi connectivity index (χ1) is 27.6. The van der Waals surface area contributed by atoms with Gasteiger partial charge in [-0.15, -0.1) is 0 Å². The molecule has 58 heavy (non-hydrogen) atoms. The van der Waals surface area contributed by atoms with Crippen molar-refractivity contribution >= 4 is 64.6 Å². The second kappa shape index (κ2) is 12.7. The standard InChI is InChI=1S/C28H22O.C27H20O.CH4/c1-28(2)26-11-7-6-10-21(26)25-15-23-19-9-5-4-8-18(19)22-14-17(29-3)12-13-20(22)24(23)16-27(25)28;1-27(2)25-10-6-5-9-20(25)24-14-22-18-8-4-3-7-17(18)21-13-16(28)11-12-19(21)23(22)15-26(24)27;/h4-16H,1-3H3;3-15,28H,1-2H3;1H4. The summed E-state index contributed by atoms with van der Waals surface area (Å²) in [5, 5.41) is 25.1. The molecule has 2 aliphatic rings. The summed E-state index contributed by atoms with van der Waals surface area (Å²) >= 11 is 0. The predicted octanol–water partition coefficient (Wildman–Crippen LogP) is 15.3. The van der Waals surface area contributed by atoms with Gasteiger partial charge in [0.15, 0.2) is 0 Å². The highest BCUT2D eigenvalue weighted by molar-refractivity contribution is 6.27. The molecule has 0 radical (unpaired) electrons. The van der Waals surface area contributed by atoms with Crippen molar-refractivity contribution in [3.63, 3.8) is 0 Å². The van der Waals surface area contributed by atoms with Crippen LogP contribution in [0.15, 0.2) is 158 Å². The normalized spacial score (nSPS) is 14.2. The second-order valence-electron chi connectivity index (χ2n) is 17.0. The number of hydrogen-bond acceptors (Lipinski definition) is 2. The van der Waals surface area contributed by atoms with Gasteiger partial charge in [-0.3, -0.25) is 0 Å².